The Morgan fingerprint density at radius 2 is 1.52 bits per heavy atom. The summed E-state index contributed by atoms with van der Waals surface area (Å²) in [5.41, 5.74) is 0.931. The first-order valence-corrected chi connectivity index (χ1v) is 10.7. The fourth-order valence-corrected chi connectivity index (χ4v) is 4.93. The van der Waals surface area contributed by atoms with Crippen LogP contribution in [0, 0.1) is 0 Å². The van der Waals surface area contributed by atoms with Crippen LogP contribution in [0.25, 0.3) is 0 Å². The molecule has 9 heteroatoms. The summed E-state index contributed by atoms with van der Waals surface area (Å²) < 4.78 is 38.4. The van der Waals surface area contributed by atoms with Gasteiger partial charge in [-0.05, 0) is 30.3 Å². The Morgan fingerprint density at radius 3 is 2.22 bits per heavy atom. The molecule has 1 saturated heterocycles. The van der Waals surface area contributed by atoms with Crippen LogP contribution >= 0.6 is 23.2 Å². The average molecular weight is 429 g/mol. The molecule has 2 aromatic rings. The number of hydrogen-bond donors (Lipinski definition) is 0. The predicted octanol–water partition coefficient (Wildman–Crippen LogP) is 3.28. The lowest BCUT2D eigenvalue weighted by Gasteiger charge is -2.35. The van der Waals surface area contributed by atoms with E-state index in [-0.39, 0.29) is 4.90 Å². The molecule has 27 heavy (non-hydrogen) atoms. The maximum atomic E-state index is 13.0. The third-order valence-electron chi connectivity index (χ3n) is 4.66. The van der Waals surface area contributed by atoms with E-state index in [1.54, 1.807) is 24.3 Å². The molecule has 2 heterocycles. The molecule has 0 atom stereocenters. The molecule has 0 bridgehead atoms. The van der Waals surface area contributed by atoms with Crippen molar-refractivity contribution < 1.29 is 17.9 Å². The number of ether oxygens (including phenoxy) is 2. The summed E-state index contributed by atoms with van der Waals surface area (Å²) in [6, 6.07) is 10.2. The number of rotatable bonds is 3. The Morgan fingerprint density at radius 1 is 0.815 bits per heavy atom. The fraction of sp³-hybridized carbons (Fsp3) is 0.333. The first-order valence-electron chi connectivity index (χ1n) is 8.55. The molecule has 2 aromatic carbocycles. The summed E-state index contributed by atoms with van der Waals surface area (Å²) in [6.45, 7) is 2.80. The van der Waals surface area contributed by atoms with Crippen LogP contribution in [-0.4, -0.2) is 52.1 Å². The molecule has 0 amide bonds. The topological polar surface area (TPSA) is 59.1 Å². The number of hydrogen-bond acceptors (Lipinski definition) is 5. The summed E-state index contributed by atoms with van der Waals surface area (Å²) in [7, 11) is -3.59. The van der Waals surface area contributed by atoms with Crippen molar-refractivity contribution in [3.05, 3.63) is 46.4 Å². The molecule has 0 aromatic heterocycles. The van der Waals surface area contributed by atoms with Gasteiger partial charge in [-0.2, -0.15) is 4.31 Å². The zero-order valence-electron chi connectivity index (χ0n) is 14.4. The van der Waals surface area contributed by atoms with E-state index in [1.165, 1.54) is 10.4 Å². The normalized spacial score (nSPS) is 17.8. The minimum absolute atomic E-state index is 0.217. The second-order valence-electron chi connectivity index (χ2n) is 6.30. The highest BCUT2D eigenvalue weighted by atomic mass is 35.5. The average Bonchev–Trinajstić information content (AvgIpc) is 2.70. The number of halogens is 2. The SMILES string of the molecule is O=S(=O)(c1ccc2c(c1)OCCO2)N1CCN(c2ccc(Cl)c(Cl)c2)CC1. The van der Waals surface area contributed by atoms with Gasteiger partial charge in [0.1, 0.15) is 13.2 Å². The summed E-state index contributed by atoms with van der Waals surface area (Å²) >= 11 is 12.0. The van der Waals surface area contributed by atoms with Gasteiger partial charge in [-0.3, -0.25) is 0 Å². The smallest absolute Gasteiger partial charge is 0.243 e. The van der Waals surface area contributed by atoms with Crippen LogP contribution in [0.15, 0.2) is 41.3 Å². The molecule has 0 aliphatic carbocycles. The Labute approximate surface area is 168 Å². The van der Waals surface area contributed by atoms with Crippen molar-refractivity contribution in [1.29, 1.82) is 0 Å². The molecule has 2 aliphatic heterocycles. The molecule has 2 aliphatic rings. The van der Waals surface area contributed by atoms with Crippen LogP contribution in [0.4, 0.5) is 5.69 Å². The van der Waals surface area contributed by atoms with Crippen molar-refractivity contribution in [3.63, 3.8) is 0 Å². The van der Waals surface area contributed by atoms with Crippen molar-refractivity contribution >= 4 is 38.9 Å². The van der Waals surface area contributed by atoms with Crippen LogP contribution < -0.4 is 14.4 Å². The van der Waals surface area contributed by atoms with Gasteiger partial charge >= 0.3 is 0 Å². The summed E-state index contributed by atoms with van der Waals surface area (Å²) in [4.78, 5) is 2.31. The number of piperazine rings is 1. The number of benzene rings is 2. The van der Waals surface area contributed by atoms with Crippen LogP contribution in [-0.2, 0) is 10.0 Å². The summed E-state index contributed by atoms with van der Waals surface area (Å²) in [5, 5.41) is 0.987. The number of anilines is 1. The summed E-state index contributed by atoms with van der Waals surface area (Å²) in [6.07, 6.45) is 0. The van der Waals surface area contributed by atoms with Crippen molar-refractivity contribution in [2.24, 2.45) is 0 Å². The maximum absolute atomic E-state index is 13.0. The monoisotopic (exact) mass is 428 g/mol. The molecule has 6 nitrogen and oxygen atoms in total. The van der Waals surface area contributed by atoms with E-state index >= 15 is 0 Å². The van der Waals surface area contributed by atoms with Gasteiger partial charge < -0.3 is 14.4 Å². The first kappa shape index (κ1) is 18.7. The Kier molecular flexibility index (Phi) is 5.11. The molecular weight excluding hydrogens is 411 g/mol. The Balaban J connectivity index is 1.49. The highest BCUT2D eigenvalue weighted by molar-refractivity contribution is 7.89. The van der Waals surface area contributed by atoms with Gasteiger partial charge in [0.2, 0.25) is 10.0 Å². The number of nitrogens with zero attached hydrogens (tertiary/aromatic N) is 2. The molecule has 0 saturated carbocycles. The van der Waals surface area contributed by atoms with Crippen molar-refractivity contribution in [2.45, 2.75) is 4.90 Å². The molecule has 0 spiro atoms. The van der Waals surface area contributed by atoms with E-state index < -0.39 is 10.0 Å². The van der Waals surface area contributed by atoms with Gasteiger partial charge in [-0.1, -0.05) is 23.2 Å². The van der Waals surface area contributed by atoms with E-state index in [4.69, 9.17) is 32.7 Å². The minimum Gasteiger partial charge on any atom is -0.486 e. The highest BCUT2D eigenvalue weighted by Gasteiger charge is 2.30. The third kappa shape index (κ3) is 3.69. The molecular formula is C18H18Cl2N2O4S. The van der Waals surface area contributed by atoms with Crippen LogP contribution in [0.3, 0.4) is 0 Å². The van der Waals surface area contributed by atoms with Gasteiger partial charge in [0, 0.05) is 37.9 Å². The number of fused-ring (bicyclic) bond motifs is 1. The second-order valence-corrected chi connectivity index (χ2v) is 9.05. The van der Waals surface area contributed by atoms with E-state index in [2.05, 4.69) is 4.90 Å². The van der Waals surface area contributed by atoms with Gasteiger partial charge in [-0.15, -0.1) is 0 Å². The molecule has 0 unspecified atom stereocenters. The van der Waals surface area contributed by atoms with Gasteiger partial charge in [0.25, 0.3) is 0 Å². The van der Waals surface area contributed by atoms with Crippen LogP contribution in [0.5, 0.6) is 11.5 Å². The van der Waals surface area contributed by atoms with Gasteiger partial charge in [0.15, 0.2) is 11.5 Å². The second kappa shape index (κ2) is 7.39. The van der Waals surface area contributed by atoms with Crippen molar-refractivity contribution in [1.82, 2.24) is 4.31 Å². The lowest BCUT2D eigenvalue weighted by Crippen LogP contribution is -2.48. The zero-order valence-corrected chi connectivity index (χ0v) is 16.7. The van der Waals surface area contributed by atoms with Crippen molar-refractivity contribution in [2.75, 3.05) is 44.3 Å². The third-order valence-corrected chi connectivity index (χ3v) is 7.29. The van der Waals surface area contributed by atoms with Crippen LogP contribution in [0.2, 0.25) is 10.0 Å². The Bertz CT molecular complexity index is 960. The van der Waals surface area contributed by atoms with E-state index in [0.29, 0.717) is 60.9 Å². The zero-order chi connectivity index (χ0) is 19.0. The van der Waals surface area contributed by atoms with Gasteiger partial charge in [0.05, 0.1) is 14.9 Å². The van der Waals surface area contributed by atoms with E-state index in [0.717, 1.165) is 5.69 Å². The summed E-state index contributed by atoms with van der Waals surface area (Å²) in [5.74, 6) is 1.04. The molecule has 1 fully saturated rings. The molecule has 0 N–H and O–H groups in total. The highest BCUT2D eigenvalue weighted by Crippen LogP contribution is 2.34. The standard InChI is InChI=1S/C18H18Cl2N2O4S/c19-15-3-1-13(11-16(15)20)21-5-7-22(8-6-21)27(23,24)14-2-4-17-18(12-14)26-10-9-25-17/h1-4,11-12H,5-10H2. The largest absolute Gasteiger partial charge is 0.486 e. The molecule has 0 radical (unpaired) electrons. The lowest BCUT2D eigenvalue weighted by atomic mass is 10.2. The van der Waals surface area contributed by atoms with E-state index in [9.17, 15) is 8.42 Å². The predicted molar refractivity (Wildman–Crippen MR) is 105 cm³/mol. The van der Waals surface area contributed by atoms with Crippen LogP contribution in [0.1, 0.15) is 0 Å². The minimum atomic E-state index is -3.59. The van der Waals surface area contributed by atoms with Gasteiger partial charge in [-0.25, -0.2) is 8.42 Å². The number of sulfonamides is 1. The maximum Gasteiger partial charge on any atom is 0.243 e. The molecule has 4 rings (SSSR count). The van der Waals surface area contributed by atoms with Crippen molar-refractivity contribution in [3.8, 4) is 11.5 Å². The Hall–Kier alpha value is -1.67. The lowest BCUT2D eigenvalue weighted by molar-refractivity contribution is 0.171. The molecule has 144 valence electrons. The fourth-order valence-electron chi connectivity index (χ4n) is 3.20. The van der Waals surface area contributed by atoms with E-state index in [1.807, 2.05) is 6.07 Å². The first-order chi connectivity index (χ1) is 12.9. The quantitative estimate of drug-likeness (QED) is 0.750.